The van der Waals surface area contributed by atoms with Crippen molar-refractivity contribution < 1.29 is 4.74 Å². The molecule has 0 amide bonds. The van der Waals surface area contributed by atoms with Crippen LogP contribution >= 0.6 is 23.2 Å². The molecule has 2 rings (SSSR count). The van der Waals surface area contributed by atoms with E-state index in [1.54, 1.807) is 19.2 Å². The Hall–Kier alpha value is -1.78. The van der Waals surface area contributed by atoms with Gasteiger partial charge in [0.25, 0.3) is 0 Å². The number of hydrogen-bond donors (Lipinski definition) is 2. The zero-order valence-electron chi connectivity index (χ0n) is 12.8. The van der Waals surface area contributed by atoms with Gasteiger partial charge >= 0.3 is 0 Å². The molecule has 0 bridgehead atoms. The molecule has 0 aliphatic carbocycles. The van der Waals surface area contributed by atoms with Gasteiger partial charge in [-0.05, 0) is 18.2 Å². The maximum absolute atomic E-state index is 6.04. The summed E-state index contributed by atoms with van der Waals surface area (Å²) in [6.45, 7) is 0.591. The molecule has 0 aliphatic rings. The van der Waals surface area contributed by atoms with Gasteiger partial charge in [-0.15, -0.1) is 0 Å². The van der Waals surface area contributed by atoms with Crippen LogP contribution in [0.1, 0.15) is 5.56 Å². The molecular formula is C16H19Cl2N3O. The van der Waals surface area contributed by atoms with Crippen LogP contribution in [0.2, 0.25) is 10.0 Å². The van der Waals surface area contributed by atoms with Crippen molar-refractivity contribution in [2.24, 2.45) is 0 Å². The Kier molecular flexibility index (Phi) is 5.27. The van der Waals surface area contributed by atoms with Crippen molar-refractivity contribution in [2.45, 2.75) is 6.54 Å². The monoisotopic (exact) mass is 339 g/mol. The minimum absolute atomic E-state index is 0.391. The highest BCUT2D eigenvalue weighted by Gasteiger charge is 2.08. The number of nitrogens with two attached hydrogens (primary N) is 1. The summed E-state index contributed by atoms with van der Waals surface area (Å²) in [6, 6.07) is 9.58. The highest BCUT2D eigenvalue weighted by atomic mass is 35.5. The van der Waals surface area contributed by atoms with Crippen molar-refractivity contribution >= 4 is 40.3 Å². The van der Waals surface area contributed by atoms with Gasteiger partial charge in [0.05, 0.1) is 22.8 Å². The predicted molar refractivity (Wildman–Crippen MR) is 95.5 cm³/mol. The van der Waals surface area contributed by atoms with Gasteiger partial charge in [0.15, 0.2) is 0 Å². The van der Waals surface area contributed by atoms with Crippen LogP contribution in [0, 0.1) is 0 Å². The summed E-state index contributed by atoms with van der Waals surface area (Å²) in [6.07, 6.45) is 0. The van der Waals surface area contributed by atoms with Gasteiger partial charge in [-0.2, -0.15) is 0 Å². The first kappa shape index (κ1) is 16.6. The summed E-state index contributed by atoms with van der Waals surface area (Å²) in [5.41, 5.74) is 9.05. The summed E-state index contributed by atoms with van der Waals surface area (Å²) >= 11 is 12.1. The van der Waals surface area contributed by atoms with Gasteiger partial charge in [-0.1, -0.05) is 29.3 Å². The van der Waals surface area contributed by atoms with E-state index in [0.29, 0.717) is 22.3 Å². The summed E-state index contributed by atoms with van der Waals surface area (Å²) in [5.74, 6) is 0.825. The summed E-state index contributed by atoms with van der Waals surface area (Å²) in [5, 5.41) is 4.15. The average Bonchev–Trinajstić information content (AvgIpc) is 2.50. The fourth-order valence-corrected chi connectivity index (χ4v) is 2.53. The molecule has 2 aromatic carbocycles. The summed E-state index contributed by atoms with van der Waals surface area (Å²) < 4.78 is 5.45. The predicted octanol–water partition coefficient (Wildman–Crippen LogP) is 4.26. The molecule has 0 heterocycles. The van der Waals surface area contributed by atoms with Crippen LogP contribution in [0.25, 0.3) is 0 Å². The van der Waals surface area contributed by atoms with E-state index in [0.717, 1.165) is 22.7 Å². The normalized spacial score (nSPS) is 10.4. The third kappa shape index (κ3) is 3.70. The molecule has 0 saturated carbocycles. The smallest absolute Gasteiger partial charge is 0.125 e. The Morgan fingerprint density at radius 1 is 1.14 bits per heavy atom. The first-order valence-electron chi connectivity index (χ1n) is 6.75. The molecule has 2 aromatic rings. The topological polar surface area (TPSA) is 50.5 Å². The van der Waals surface area contributed by atoms with Crippen LogP contribution in [-0.4, -0.2) is 21.2 Å². The Labute approximate surface area is 140 Å². The minimum atomic E-state index is 0.391. The summed E-state index contributed by atoms with van der Waals surface area (Å²) in [4.78, 5) is 2.03. The highest BCUT2D eigenvalue weighted by Crippen LogP contribution is 2.32. The molecule has 0 radical (unpaired) electrons. The number of rotatable bonds is 5. The number of nitrogens with one attached hydrogen (secondary N) is 1. The van der Waals surface area contributed by atoms with Crippen molar-refractivity contribution in [1.82, 2.24) is 0 Å². The number of hydrogen-bond acceptors (Lipinski definition) is 4. The van der Waals surface area contributed by atoms with Crippen LogP contribution in [0.15, 0.2) is 30.3 Å². The number of anilines is 3. The Morgan fingerprint density at radius 2 is 1.77 bits per heavy atom. The molecule has 0 saturated heterocycles. The number of halogens is 2. The molecule has 0 unspecified atom stereocenters. The van der Waals surface area contributed by atoms with Crippen LogP contribution in [0.5, 0.6) is 5.75 Å². The largest absolute Gasteiger partial charge is 0.496 e. The maximum atomic E-state index is 6.04. The Bertz CT molecular complexity index is 651. The van der Waals surface area contributed by atoms with Crippen molar-refractivity contribution in [2.75, 3.05) is 37.2 Å². The van der Waals surface area contributed by atoms with E-state index in [-0.39, 0.29) is 0 Å². The van der Waals surface area contributed by atoms with Crippen molar-refractivity contribution in [3.63, 3.8) is 0 Å². The second-order valence-electron chi connectivity index (χ2n) is 5.10. The molecule has 6 heteroatoms. The van der Waals surface area contributed by atoms with E-state index >= 15 is 0 Å². The molecule has 0 atom stereocenters. The lowest BCUT2D eigenvalue weighted by atomic mass is 10.1. The zero-order chi connectivity index (χ0) is 16.3. The summed E-state index contributed by atoms with van der Waals surface area (Å²) in [7, 11) is 5.64. The number of nitrogens with zero attached hydrogens (tertiary/aromatic N) is 1. The fraction of sp³-hybridized carbons (Fsp3) is 0.250. The molecule has 118 valence electrons. The van der Waals surface area contributed by atoms with Crippen LogP contribution < -0.4 is 20.7 Å². The van der Waals surface area contributed by atoms with Gasteiger partial charge in [-0.25, -0.2) is 0 Å². The number of methoxy groups -OCH3 is 1. The average molecular weight is 340 g/mol. The lowest BCUT2D eigenvalue weighted by molar-refractivity contribution is 0.410. The molecule has 0 aliphatic heterocycles. The van der Waals surface area contributed by atoms with Gasteiger partial charge in [0.2, 0.25) is 0 Å². The first-order chi connectivity index (χ1) is 10.4. The fourth-order valence-electron chi connectivity index (χ4n) is 2.04. The lowest BCUT2D eigenvalue weighted by Gasteiger charge is -2.17. The first-order valence-corrected chi connectivity index (χ1v) is 7.50. The van der Waals surface area contributed by atoms with E-state index in [1.165, 1.54) is 0 Å². The SMILES string of the molecule is COc1cc(N(C)C)ccc1CNc1cc(Cl)c(N)c(Cl)c1. The van der Waals surface area contributed by atoms with Gasteiger partial charge in [0.1, 0.15) is 5.75 Å². The van der Waals surface area contributed by atoms with E-state index in [4.69, 9.17) is 33.7 Å². The van der Waals surface area contributed by atoms with E-state index in [9.17, 15) is 0 Å². The van der Waals surface area contributed by atoms with Crippen molar-refractivity contribution in [1.29, 1.82) is 0 Å². The number of nitrogen functional groups attached to an aromatic ring is 1. The molecule has 3 N–H and O–H groups in total. The van der Waals surface area contributed by atoms with Crippen LogP contribution in [0.4, 0.5) is 17.1 Å². The molecule has 22 heavy (non-hydrogen) atoms. The Balaban J connectivity index is 2.18. The maximum Gasteiger partial charge on any atom is 0.125 e. The van der Waals surface area contributed by atoms with Gasteiger partial charge < -0.3 is 20.7 Å². The van der Waals surface area contributed by atoms with E-state index in [1.807, 2.05) is 37.2 Å². The van der Waals surface area contributed by atoms with Crippen molar-refractivity contribution in [3.05, 3.63) is 45.9 Å². The van der Waals surface area contributed by atoms with Crippen LogP contribution in [0.3, 0.4) is 0 Å². The molecular weight excluding hydrogens is 321 g/mol. The molecule has 0 aromatic heterocycles. The molecule has 0 spiro atoms. The van der Waals surface area contributed by atoms with Gasteiger partial charge in [-0.3, -0.25) is 0 Å². The third-order valence-corrected chi connectivity index (χ3v) is 3.97. The van der Waals surface area contributed by atoms with E-state index in [2.05, 4.69) is 5.32 Å². The second kappa shape index (κ2) is 6.99. The van der Waals surface area contributed by atoms with E-state index < -0.39 is 0 Å². The Morgan fingerprint density at radius 3 is 2.32 bits per heavy atom. The number of benzene rings is 2. The standard InChI is InChI=1S/C16H19Cl2N3O/c1-21(2)12-5-4-10(15(8-12)22-3)9-20-11-6-13(17)16(19)14(18)7-11/h4-8,20H,9,19H2,1-3H3. The minimum Gasteiger partial charge on any atom is -0.496 e. The van der Waals surface area contributed by atoms with Crippen molar-refractivity contribution in [3.8, 4) is 5.75 Å². The molecule has 4 nitrogen and oxygen atoms in total. The van der Waals surface area contributed by atoms with Gasteiger partial charge in [0, 0.05) is 43.6 Å². The molecule has 0 fully saturated rings. The lowest BCUT2D eigenvalue weighted by Crippen LogP contribution is -2.09. The second-order valence-corrected chi connectivity index (χ2v) is 5.91. The quantitative estimate of drug-likeness (QED) is 0.799. The third-order valence-electron chi connectivity index (χ3n) is 3.35. The zero-order valence-corrected chi connectivity index (χ0v) is 14.3. The van der Waals surface area contributed by atoms with Crippen LogP contribution in [-0.2, 0) is 6.54 Å². The number of ether oxygens (including phenoxy) is 1. The highest BCUT2D eigenvalue weighted by molar-refractivity contribution is 6.39.